The fourth-order valence-corrected chi connectivity index (χ4v) is 2.25. The van der Waals surface area contributed by atoms with E-state index in [9.17, 15) is 9.90 Å². The second-order valence-electron chi connectivity index (χ2n) is 3.62. The van der Waals surface area contributed by atoms with Gasteiger partial charge in [0.15, 0.2) is 0 Å². The minimum absolute atomic E-state index is 0.366. The molecule has 1 rings (SSSR count). The zero-order chi connectivity index (χ0) is 12.3. The van der Waals surface area contributed by atoms with Crippen LogP contribution in [0.1, 0.15) is 13.8 Å². The number of aliphatic carboxylic acids is 1. The maximum Gasteiger partial charge on any atom is 0.325 e. The van der Waals surface area contributed by atoms with E-state index in [1.807, 2.05) is 11.5 Å². The molecule has 0 aliphatic carbocycles. The molecule has 90 valence electrons. The van der Waals surface area contributed by atoms with Crippen molar-refractivity contribution in [1.29, 1.82) is 0 Å². The molecule has 0 saturated heterocycles. The van der Waals surface area contributed by atoms with E-state index in [1.54, 1.807) is 13.3 Å². The number of nitrogens with one attached hydrogen (secondary N) is 1. The maximum atomic E-state index is 11.2. The van der Waals surface area contributed by atoms with Crippen molar-refractivity contribution in [2.75, 3.05) is 6.54 Å². The largest absolute Gasteiger partial charge is 0.480 e. The Balaban J connectivity index is 2.92. The standard InChI is InChI=1S/C9H13I2N3O2/c1-3-13-9(2,8(15)16)4-14-5-12-6(10)7(14)11/h5,13H,3-4H2,1-2H3,(H,15,16). The van der Waals surface area contributed by atoms with Gasteiger partial charge in [0.25, 0.3) is 0 Å². The van der Waals surface area contributed by atoms with Crippen LogP contribution in [0.3, 0.4) is 0 Å². The Hall–Kier alpha value is 0.1000. The van der Waals surface area contributed by atoms with Gasteiger partial charge in [-0.25, -0.2) is 4.98 Å². The Bertz CT molecular complexity index is 394. The van der Waals surface area contributed by atoms with Crippen LogP contribution >= 0.6 is 45.2 Å². The maximum absolute atomic E-state index is 11.2. The second-order valence-corrected chi connectivity index (χ2v) is 5.67. The van der Waals surface area contributed by atoms with E-state index in [0.717, 1.165) is 7.40 Å². The minimum atomic E-state index is -0.960. The van der Waals surface area contributed by atoms with E-state index in [-0.39, 0.29) is 0 Å². The Morgan fingerprint density at radius 1 is 1.69 bits per heavy atom. The van der Waals surface area contributed by atoms with Crippen LogP contribution in [0.15, 0.2) is 6.33 Å². The van der Waals surface area contributed by atoms with E-state index in [2.05, 4.69) is 55.5 Å². The summed E-state index contributed by atoms with van der Waals surface area (Å²) in [4.78, 5) is 15.4. The quantitative estimate of drug-likeness (QED) is 0.670. The first kappa shape index (κ1) is 14.2. The highest BCUT2D eigenvalue weighted by Crippen LogP contribution is 2.16. The average Bonchev–Trinajstić information content (AvgIpc) is 2.50. The van der Waals surface area contributed by atoms with Gasteiger partial charge in [-0.3, -0.25) is 4.79 Å². The van der Waals surface area contributed by atoms with Crippen molar-refractivity contribution in [1.82, 2.24) is 14.9 Å². The molecule has 5 nitrogen and oxygen atoms in total. The number of imidazole rings is 1. The van der Waals surface area contributed by atoms with Crippen molar-refractivity contribution in [2.24, 2.45) is 0 Å². The van der Waals surface area contributed by atoms with E-state index < -0.39 is 11.5 Å². The number of likely N-dealkylation sites (N-methyl/N-ethyl adjacent to an activating group) is 1. The highest BCUT2D eigenvalue weighted by Gasteiger charge is 2.33. The first-order chi connectivity index (χ1) is 7.40. The number of nitrogens with zero attached hydrogens (tertiary/aromatic N) is 2. The fraction of sp³-hybridized carbons (Fsp3) is 0.556. The lowest BCUT2D eigenvalue weighted by molar-refractivity contribution is -0.144. The Labute approximate surface area is 121 Å². The molecular formula is C9H13I2N3O2. The Kier molecular flexibility index (Phi) is 4.98. The normalized spacial score (nSPS) is 14.8. The lowest BCUT2D eigenvalue weighted by Gasteiger charge is -2.26. The summed E-state index contributed by atoms with van der Waals surface area (Å²) >= 11 is 4.29. The molecule has 0 bridgehead atoms. The van der Waals surface area contributed by atoms with E-state index in [1.165, 1.54) is 0 Å². The summed E-state index contributed by atoms with van der Waals surface area (Å²) in [5.41, 5.74) is -0.960. The highest BCUT2D eigenvalue weighted by atomic mass is 127. The van der Waals surface area contributed by atoms with E-state index in [0.29, 0.717) is 13.1 Å². The molecule has 0 spiro atoms. The Morgan fingerprint density at radius 2 is 2.31 bits per heavy atom. The molecule has 0 aliphatic heterocycles. The lowest BCUT2D eigenvalue weighted by Crippen LogP contribution is -2.52. The summed E-state index contributed by atoms with van der Waals surface area (Å²) in [6.45, 7) is 4.56. The van der Waals surface area contributed by atoms with Crippen molar-refractivity contribution < 1.29 is 9.90 Å². The van der Waals surface area contributed by atoms with Gasteiger partial charge in [0.1, 0.15) is 12.9 Å². The molecular weight excluding hydrogens is 436 g/mol. The van der Waals surface area contributed by atoms with Crippen LogP contribution in [-0.4, -0.2) is 32.7 Å². The summed E-state index contributed by atoms with van der Waals surface area (Å²) < 4.78 is 3.70. The number of carboxylic acids is 1. The number of carbonyl (C=O) groups is 1. The van der Waals surface area contributed by atoms with Gasteiger partial charge >= 0.3 is 5.97 Å². The van der Waals surface area contributed by atoms with Gasteiger partial charge in [-0.05, 0) is 58.7 Å². The molecule has 1 atom stereocenters. The van der Waals surface area contributed by atoms with Crippen LogP contribution in [0, 0.1) is 7.40 Å². The molecule has 0 saturated carbocycles. The van der Waals surface area contributed by atoms with Crippen LogP contribution in [0.2, 0.25) is 0 Å². The molecule has 0 fully saturated rings. The van der Waals surface area contributed by atoms with Gasteiger partial charge in [-0.1, -0.05) is 6.92 Å². The van der Waals surface area contributed by atoms with Gasteiger partial charge in [-0.15, -0.1) is 0 Å². The molecule has 1 heterocycles. The number of hydrogen-bond acceptors (Lipinski definition) is 3. The van der Waals surface area contributed by atoms with E-state index >= 15 is 0 Å². The number of rotatable bonds is 5. The Morgan fingerprint density at radius 3 is 2.69 bits per heavy atom. The summed E-state index contributed by atoms with van der Waals surface area (Å²) in [6.07, 6.45) is 1.67. The molecule has 16 heavy (non-hydrogen) atoms. The topological polar surface area (TPSA) is 67.2 Å². The molecule has 0 aromatic carbocycles. The predicted octanol–water partition coefficient (Wildman–Crippen LogP) is 1.55. The third kappa shape index (κ3) is 3.06. The first-order valence-corrected chi connectivity index (χ1v) is 6.91. The van der Waals surface area contributed by atoms with Crippen molar-refractivity contribution in [3.05, 3.63) is 13.7 Å². The molecule has 1 aromatic rings. The summed E-state index contributed by atoms with van der Waals surface area (Å²) in [7, 11) is 0. The monoisotopic (exact) mass is 449 g/mol. The molecule has 0 radical (unpaired) electrons. The zero-order valence-corrected chi connectivity index (χ0v) is 13.3. The molecule has 0 amide bonds. The number of carboxylic acid groups (broad SMARTS) is 1. The molecule has 7 heteroatoms. The summed E-state index contributed by atoms with van der Waals surface area (Å²) in [6, 6.07) is 0. The number of hydrogen-bond donors (Lipinski definition) is 2. The van der Waals surface area contributed by atoms with Crippen LogP contribution in [-0.2, 0) is 11.3 Å². The SMILES string of the molecule is CCNC(C)(Cn1cnc(I)c1I)C(=O)O. The fourth-order valence-electron chi connectivity index (χ4n) is 1.38. The van der Waals surface area contributed by atoms with Crippen molar-refractivity contribution >= 4 is 51.2 Å². The molecule has 1 unspecified atom stereocenters. The summed E-state index contributed by atoms with van der Waals surface area (Å²) in [5.74, 6) is -0.853. The summed E-state index contributed by atoms with van der Waals surface area (Å²) in [5, 5.41) is 12.2. The average molecular weight is 449 g/mol. The predicted molar refractivity (Wildman–Crippen MR) is 77.4 cm³/mol. The highest BCUT2D eigenvalue weighted by molar-refractivity contribution is 14.1. The van der Waals surface area contributed by atoms with Crippen LogP contribution < -0.4 is 5.32 Å². The van der Waals surface area contributed by atoms with Crippen molar-refractivity contribution in [3.63, 3.8) is 0 Å². The van der Waals surface area contributed by atoms with E-state index in [4.69, 9.17) is 0 Å². The molecule has 2 N–H and O–H groups in total. The first-order valence-electron chi connectivity index (χ1n) is 4.75. The van der Waals surface area contributed by atoms with Gasteiger partial charge in [0.05, 0.1) is 12.9 Å². The van der Waals surface area contributed by atoms with Crippen LogP contribution in [0.4, 0.5) is 0 Å². The molecule has 0 aliphatic rings. The third-order valence-corrected chi connectivity index (χ3v) is 5.21. The molecule has 1 aromatic heterocycles. The van der Waals surface area contributed by atoms with Gasteiger partial charge in [0, 0.05) is 0 Å². The minimum Gasteiger partial charge on any atom is -0.480 e. The van der Waals surface area contributed by atoms with Crippen LogP contribution in [0.5, 0.6) is 0 Å². The van der Waals surface area contributed by atoms with Gasteiger partial charge in [-0.2, -0.15) is 0 Å². The number of halogens is 2. The lowest BCUT2D eigenvalue weighted by atomic mass is 10.0. The van der Waals surface area contributed by atoms with Gasteiger partial charge < -0.3 is 15.0 Å². The van der Waals surface area contributed by atoms with Gasteiger partial charge in [0.2, 0.25) is 0 Å². The number of aromatic nitrogens is 2. The second kappa shape index (κ2) is 5.63. The van der Waals surface area contributed by atoms with Crippen molar-refractivity contribution in [3.8, 4) is 0 Å². The third-order valence-electron chi connectivity index (χ3n) is 2.26. The smallest absolute Gasteiger partial charge is 0.325 e. The van der Waals surface area contributed by atoms with Crippen molar-refractivity contribution in [2.45, 2.75) is 25.9 Å². The van der Waals surface area contributed by atoms with Crippen LogP contribution in [0.25, 0.3) is 0 Å². The zero-order valence-electron chi connectivity index (χ0n) is 9.00.